The monoisotopic (exact) mass is 219 g/mol. The Morgan fingerprint density at radius 3 is 2.88 bits per heavy atom. The summed E-state index contributed by atoms with van der Waals surface area (Å²) in [6, 6.07) is 6.18. The maximum Gasteiger partial charge on any atom is 0.123 e. The summed E-state index contributed by atoms with van der Waals surface area (Å²) >= 11 is 0. The Morgan fingerprint density at radius 1 is 1.31 bits per heavy atom. The summed E-state index contributed by atoms with van der Waals surface area (Å²) < 4.78 is 13.2. The second-order valence-corrected chi connectivity index (χ2v) is 5.23. The average molecular weight is 219 g/mol. The van der Waals surface area contributed by atoms with Crippen molar-refractivity contribution < 1.29 is 4.39 Å². The molecule has 1 aromatic rings. The van der Waals surface area contributed by atoms with Crippen LogP contribution in [0.2, 0.25) is 0 Å². The van der Waals surface area contributed by atoms with Crippen LogP contribution in [0.3, 0.4) is 0 Å². The first kappa shape index (κ1) is 10.3. The van der Waals surface area contributed by atoms with E-state index < -0.39 is 0 Å². The molecule has 2 unspecified atom stereocenters. The number of hydrogen-bond acceptors (Lipinski definition) is 1. The normalized spacial score (nSPS) is 25.5. The Hall–Kier alpha value is -0.890. The van der Waals surface area contributed by atoms with E-state index >= 15 is 0 Å². The van der Waals surface area contributed by atoms with Gasteiger partial charge in [0.2, 0.25) is 0 Å². The highest BCUT2D eigenvalue weighted by Crippen LogP contribution is 2.36. The zero-order chi connectivity index (χ0) is 11.1. The predicted molar refractivity (Wildman–Crippen MR) is 62.8 cm³/mol. The highest BCUT2D eigenvalue weighted by molar-refractivity contribution is 5.35. The first-order valence-electron chi connectivity index (χ1n) is 6.28. The number of fused-ring (bicyclic) bond motifs is 1. The number of halogens is 1. The Labute approximate surface area is 96.1 Å². The summed E-state index contributed by atoms with van der Waals surface area (Å²) in [6.07, 6.45) is 4.92. The lowest BCUT2D eigenvalue weighted by Gasteiger charge is -2.20. The molecule has 0 heterocycles. The van der Waals surface area contributed by atoms with Crippen molar-refractivity contribution in [1.29, 1.82) is 0 Å². The summed E-state index contributed by atoms with van der Waals surface area (Å²) in [6.45, 7) is 2.26. The van der Waals surface area contributed by atoms with Gasteiger partial charge in [0.1, 0.15) is 5.82 Å². The summed E-state index contributed by atoms with van der Waals surface area (Å²) in [4.78, 5) is 0. The van der Waals surface area contributed by atoms with Crippen LogP contribution in [0.25, 0.3) is 0 Å². The van der Waals surface area contributed by atoms with Gasteiger partial charge in [0.25, 0.3) is 0 Å². The van der Waals surface area contributed by atoms with Gasteiger partial charge in [-0.3, -0.25) is 0 Å². The zero-order valence-electron chi connectivity index (χ0n) is 9.67. The van der Waals surface area contributed by atoms with E-state index in [1.807, 2.05) is 6.07 Å². The topological polar surface area (TPSA) is 12.0 Å². The molecule has 2 aliphatic rings. The first-order valence-corrected chi connectivity index (χ1v) is 6.28. The van der Waals surface area contributed by atoms with Gasteiger partial charge in [0, 0.05) is 12.1 Å². The minimum Gasteiger partial charge on any atom is -0.307 e. The van der Waals surface area contributed by atoms with E-state index in [-0.39, 0.29) is 5.82 Å². The quantitative estimate of drug-likeness (QED) is 0.823. The van der Waals surface area contributed by atoms with Crippen molar-refractivity contribution >= 4 is 0 Å². The predicted octanol–water partition coefficient (Wildman–Crippen LogP) is 3.20. The molecule has 0 spiro atoms. The molecule has 2 atom stereocenters. The van der Waals surface area contributed by atoms with E-state index in [0.29, 0.717) is 12.1 Å². The third-order valence-corrected chi connectivity index (χ3v) is 3.98. The Morgan fingerprint density at radius 2 is 2.12 bits per heavy atom. The minimum absolute atomic E-state index is 0.105. The third kappa shape index (κ3) is 1.86. The Balaban J connectivity index is 1.76. The maximum atomic E-state index is 13.2. The van der Waals surface area contributed by atoms with Crippen molar-refractivity contribution in [3.8, 4) is 0 Å². The molecule has 3 rings (SSSR count). The van der Waals surface area contributed by atoms with Crippen LogP contribution in [-0.2, 0) is 6.42 Å². The lowest BCUT2D eigenvalue weighted by molar-refractivity contribution is 0.420. The Kier molecular flexibility index (Phi) is 2.47. The number of nitrogens with one attached hydrogen (secondary N) is 1. The van der Waals surface area contributed by atoms with Gasteiger partial charge in [0.15, 0.2) is 0 Å². The Bertz CT molecular complexity index is 398. The van der Waals surface area contributed by atoms with Crippen LogP contribution >= 0.6 is 0 Å². The lowest BCUT2D eigenvalue weighted by atomic mass is 10.1. The van der Waals surface area contributed by atoms with Crippen molar-refractivity contribution in [3.63, 3.8) is 0 Å². The van der Waals surface area contributed by atoms with Crippen LogP contribution in [0, 0.1) is 11.7 Å². The largest absolute Gasteiger partial charge is 0.307 e. The van der Waals surface area contributed by atoms with Gasteiger partial charge in [-0.25, -0.2) is 4.39 Å². The van der Waals surface area contributed by atoms with Crippen molar-refractivity contribution in [3.05, 3.63) is 35.1 Å². The smallest absolute Gasteiger partial charge is 0.123 e. The van der Waals surface area contributed by atoms with E-state index in [4.69, 9.17) is 0 Å². The molecule has 1 N–H and O–H groups in total. The SMILES string of the molecule is CC(NC1CCc2ccc(F)cc21)C1CC1. The molecule has 1 aromatic carbocycles. The van der Waals surface area contributed by atoms with Gasteiger partial charge in [-0.15, -0.1) is 0 Å². The minimum atomic E-state index is -0.105. The van der Waals surface area contributed by atoms with Crippen molar-refractivity contribution in [2.45, 2.75) is 44.7 Å². The molecule has 0 bridgehead atoms. The zero-order valence-corrected chi connectivity index (χ0v) is 9.67. The van der Waals surface area contributed by atoms with Gasteiger partial charge < -0.3 is 5.32 Å². The molecule has 0 aliphatic heterocycles. The van der Waals surface area contributed by atoms with E-state index in [2.05, 4.69) is 12.2 Å². The third-order valence-electron chi connectivity index (χ3n) is 3.98. The average Bonchev–Trinajstić information content (AvgIpc) is 3.04. The lowest BCUT2D eigenvalue weighted by Crippen LogP contribution is -2.31. The second kappa shape index (κ2) is 3.85. The van der Waals surface area contributed by atoms with Crippen molar-refractivity contribution in [2.75, 3.05) is 0 Å². The van der Waals surface area contributed by atoms with E-state index in [9.17, 15) is 4.39 Å². The molecular formula is C14H18FN. The number of rotatable bonds is 3. The van der Waals surface area contributed by atoms with Crippen molar-refractivity contribution in [2.24, 2.45) is 5.92 Å². The van der Waals surface area contributed by atoms with Crippen LogP contribution in [-0.4, -0.2) is 6.04 Å². The van der Waals surface area contributed by atoms with Gasteiger partial charge >= 0.3 is 0 Å². The molecule has 2 heteroatoms. The number of hydrogen-bond donors (Lipinski definition) is 1. The van der Waals surface area contributed by atoms with Gasteiger partial charge in [0.05, 0.1) is 0 Å². The fraction of sp³-hybridized carbons (Fsp3) is 0.571. The van der Waals surface area contributed by atoms with Crippen LogP contribution in [0.5, 0.6) is 0 Å². The van der Waals surface area contributed by atoms with Crippen LogP contribution < -0.4 is 5.32 Å². The standard InChI is InChI=1S/C14H18FN/c1-9(10-2-3-10)16-14-7-5-11-4-6-12(15)8-13(11)14/h4,6,8-10,14,16H,2-3,5,7H2,1H3. The molecule has 1 saturated carbocycles. The van der Waals surface area contributed by atoms with Gasteiger partial charge in [-0.05, 0) is 61.8 Å². The molecule has 16 heavy (non-hydrogen) atoms. The van der Waals surface area contributed by atoms with E-state index in [1.54, 1.807) is 12.1 Å². The summed E-state index contributed by atoms with van der Waals surface area (Å²) in [5.74, 6) is 0.754. The van der Waals surface area contributed by atoms with Crippen LogP contribution in [0.15, 0.2) is 18.2 Å². The van der Waals surface area contributed by atoms with Crippen LogP contribution in [0.4, 0.5) is 4.39 Å². The van der Waals surface area contributed by atoms with Gasteiger partial charge in [-0.2, -0.15) is 0 Å². The first-order chi connectivity index (χ1) is 7.74. The van der Waals surface area contributed by atoms with Crippen molar-refractivity contribution in [1.82, 2.24) is 5.32 Å². The summed E-state index contributed by atoms with van der Waals surface area (Å²) in [5, 5.41) is 3.66. The highest BCUT2D eigenvalue weighted by Gasteiger charge is 2.31. The second-order valence-electron chi connectivity index (χ2n) is 5.23. The highest BCUT2D eigenvalue weighted by atomic mass is 19.1. The maximum absolute atomic E-state index is 13.2. The summed E-state index contributed by atoms with van der Waals surface area (Å²) in [5.41, 5.74) is 2.51. The fourth-order valence-electron chi connectivity index (χ4n) is 2.80. The number of aryl methyl sites for hydroxylation is 1. The molecule has 86 valence electrons. The molecule has 1 fully saturated rings. The summed E-state index contributed by atoms with van der Waals surface area (Å²) in [7, 11) is 0. The van der Waals surface area contributed by atoms with E-state index in [1.165, 1.54) is 24.0 Å². The molecule has 0 saturated heterocycles. The van der Waals surface area contributed by atoms with Crippen LogP contribution in [0.1, 0.15) is 43.4 Å². The number of benzene rings is 1. The molecule has 0 aromatic heterocycles. The molecular weight excluding hydrogens is 201 g/mol. The molecule has 0 radical (unpaired) electrons. The molecule has 0 amide bonds. The van der Waals surface area contributed by atoms with Gasteiger partial charge in [-0.1, -0.05) is 6.07 Å². The molecule has 2 aliphatic carbocycles. The molecule has 1 nitrogen and oxygen atoms in total. The fourth-order valence-corrected chi connectivity index (χ4v) is 2.80. The van der Waals surface area contributed by atoms with E-state index in [0.717, 1.165) is 18.8 Å².